The second-order valence-corrected chi connectivity index (χ2v) is 7.47. The number of esters is 1. The van der Waals surface area contributed by atoms with Gasteiger partial charge in [-0.25, -0.2) is 4.79 Å². The van der Waals surface area contributed by atoms with Crippen molar-refractivity contribution in [3.8, 4) is 0 Å². The van der Waals surface area contributed by atoms with Crippen molar-refractivity contribution in [2.24, 2.45) is 0 Å². The molecule has 2 amide bonds. The number of alkyl carbamates (subject to hydrolysis) is 1. The predicted octanol–water partition coefficient (Wildman–Crippen LogP) is 3.48. The molecule has 1 atom stereocenters. The van der Waals surface area contributed by atoms with E-state index in [1.54, 1.807) is 20.8 Å². The number of nitrogens with one attached hydrogen (secondary N) is 2. The summed E-state index contributed by atoms with van der Waals surface area (Å²) in [5.41, 5.74) is 2.16. The van der Waals surface area contributed by atoms with Crippen molar-refractivity contribution in [1.82, 2.24) is 5.32 Å². The highest BCUT2D eigenvalue weighted by Gasteiger charge is 2.19. The lowest BCUT2D eigenvalue weighted by Crippen LogP contribution is -2.33. The van der Waals surface area contributed by atoms with E-state index in [0.717, 1.165) is 11.1 Å². The van der Waals surface area contributed by atoms with E-state index in [-0.39, 0.29) is 18.9 Å². The molecular weight excluding hydrogens is 348 g/mol. The highest BCUT2D eigenvalue weighted by Crippen LogP contribution is 2.16. The van der Waals surface area contributed by atoms with Gasteiger partial charge in [0.1, 0.15) is 5.60 Å². The second kappa shape index (κ2) is 9.94. The number of hydrogen-bond acceptors (Lipinski definition) is 5. The summed E-state index contributed by atoms with van der Waals surface area (Å²) < 4.78 is 10.2. The van der Waals surface area contributed by atoms with Gasteiger partial charge in [-0.2, -0.15) is 0 Å². The third kappa shape index (κ3) is 9.08. The van der Waals surface area contributed by atoms with Crippen LogP contribution in [0.3, 0.4) is 0 Å². The fourth-order valence-corrected chi connectivity index (χ4v) is 2.24. The number of rotatable bonds is 7. The Morgan fingerprint density at radius 2 is 1.81 bits per heavy atom. The largest absolute Gasteiger partial charge is 0.453 e. The number of benzene rings is 1. The van der Waals surface area contributed by atoms with Crippen LogP contribution in [0.4, 0.5) is 10.5 Å². The van der Waals surface area contributed by atoms with Gasteiger partial charge in [-0.15, -0.1) is 0 Å². The number of hydrogen-bond donors (Lipinski definition) is 2. The Labute approximate surface area is 160 Å². The Morgan fingerprint density at radius 1 is 1.15 bits per heavy atom. The van der Waals surface area contributed by atoms with E-state index in [4.69, 9.17) is 9.47 Å². The summed E-state index contributed by atoms with van der Waals surface area (Å²) in [5.74, 6) is -0.883. The van der Waals surface area contributed by atoms with E-state index in [1.165, 1.54) is 6.92 Å². The zero-order chi connectivity index (χ0) is 20.6. The summed E-state index contributed by atoms with van der Waals surface area (Å²) in [6.07, 6.45) is -0.949. The first-order chi connectivity index (χ1) is 12.5. The lowest BCUT2D eigenvalue weighted by atomic mass is 10.1. The maximum atomic E-state index is 12.2. The summed E-state index contributed by atoms with van der Waals surface area (Å²) in [6, 6.07) is 5.68. The molecule has 2 N–H and O–H groups in total. The number of carbonyl (C=O) groups is 3. The Kier molecular flexibility index (Phi) is 8.28. The molecule has 27 heavy (non-hydrogen) atoms. The van der Waals surface area contributed by atoms with Crippen LogP contribution in [0, 0.1) is 13.8 Å². The van der Waals surface area contributed by atoms with Crippen molar-refractivity contribution < 1.29 is 23.9 Å². The van der Waals surface area contributed by atoms with Crippen molar-refractivity contribution in [1.29, 1.82) is 0 Å². The first kappa shape index (κ1) is 22.5. The third-order valence-electron chi connectivity index (χ3n) is 3.54. The van der Waals surface area contributed by atoms with Crippen molar-refractivity contribution >= 4 is 23.7 Å². The molecule has 7 nitrogen and oxygen atoms in total. The topological polar surface area (TPSA) is 93.7 Å². The normalized spacial score (nSPS) is 12.1. The minimum Gasteiger partial charge on any atom is -0.453 e. The van der Waals surface area contributed by atoms with E-state index in [2.05, 4.69) is 10.6 Å². The van der Waals surface area contributed by atoms with Crippen LogP contribution >= 0.6 is 0 Å². The van der Waals surface area contributed by atoms with Gasteiger partial charge < -0.3 is 20.1 Å². The SMILES string of the molecule is Cc1ccc(NC(=O)[C@@H](C)OC(=O)CCCNC(=O)OC(C)(C)C)c(C)c1. The molecule has 1 aromatic carbocycles. The molecule has 150 valence electrons. The molecule has 0 saturated carbocycles. The maximum Gasteiger partial charge on any atom is 0.407 e. The van der Waals surface area contributed by atoms with E-state index < -0.39 is 23.8 Å². The molecule has 0 radical (unpaired) electrons. The van der Waals surface area contributed by atoms with Crippen LogP contribution < -0.4 is 10.6 Å². The van der Waals surface area contributed by atoms with E-state index in [0.29, 0.717) is 12.1 Å². The lowest BCUT2D eigenvalue weighted by Gasteiger charge is -2.19. The van der Waals surface area contributed by atoms with Gasteiger partial charge in [-0.05, 0) is 59.6 Å². The molecule has 0 aromatic heterocycles. The Morgan fingerprint density at radius 3 is 2.41 bits per heavy atom. The first-order valence-corrected chi connectivity index (χ1v) is 9.02. The molecule has 0 aliphatic carbocycles. The van der Waals surface area contributed by atoms with E-state index in [9.17, 15) is 14.4 Å². The minimum atomic E-state index is -0.906. The molecule has 0 aliphatic rings. The third-order valence-corrected chi connectivity index (χ3v) is 3.54. The Hall–Kier alpha value is -2.57. The summed E-state index contributed by atoms with van der Waals surface area (Å²) in [5, 5.41) is 5.32. The van der Waals surface area contributed by atoms with Gasteiger partial charge in [0.25, 0.3) is 5.91 Å². The summed E-state index contributed by atoms with van der Waals surface area (Å²) >= 11 is 0. The first-order valence-electron chi connectivity index (χ1n) is 9.02. The number of carbonyl (C=O) groups excluding carboxylic acids is 3. The van der Waals surface area contributed by atoms with Crippen LogP contribution in [-0.2, 0) is 19.1 Å². The lowest BCUT2D eigenvalue weighted by molar-refractivity contribution is -0.153. The van der Waals surface area contributed by atoms with Crippen LogP contribution in [-0.4, -0.2) is 36.2 Å². The molecule has 1 rings (SSSR count). The number of ether oxygens (including phenoxy) is 2. The predicted molar refractivity (Wildman–Crippen MR) is 104 cm³/mol. The standard InChI is InChI=1S/C20H30N2O5/c1-13-9-10-16(14(2)12-13)22-18(24)15(3)26-17(23)8-7-11-21-19(25)27-20(4,5)6/h9-10,12,15H,7-8,11H2,1-6H3,(H,21,25)(H,22,24)/t15-/m1/s1. The van der Waals surface area contributed by atoms with Crippen molar-refractivity contribution in [3.05, 3.63) is 29.3 Å². The van der Waals surface area contributed by atoms with Crippen molar-refractivity contribution in [2.75, 3.05) is 11.9 Å². The van der Waals surface area contributed by atoms with Gasteiger partial charge in [0.15, 0.2) is 6.10 Å². The van der Waals surface area contributed by atoms with Gasteiger partial charge in [-0.1, -0.05) is 17.7 Å². The van der Waals surface area contributed by atoms with Crippen molar-refractivity contribution in [3.63, 3.8) is 0 Å². The summed E-state index contributed by atoms with van der Waals surface area (Å²) in [7, 11) is 0. The van der Waals surface area contributed by atoms with Gasteiger partial charge in [0, 0.05) is 18.7 Å². The summed E-state index contributed by atoms with van der Waals surface area (Å²) in [6.45, 7) is 11.0. The number of aryl methyl sites for hydroxylation is 2. The number of anilines is 1. The monoisotopic (exact) mass is 378 g/mol. The number of amides is 2. The average molecular weight is 378 g/mol. The van der Waals surface area contributed by atoms with E-state index >= 15 is 0 Å². The molecule has 0 fully saturated rings. The van der Waals surface area contributed by atoms with Gasteiger partial charge in [-0.3, -0.25) is 9.59 Å². The zero-order valence-electron chi connectivity index (χ0n) is 17.0. The second-order valence-electron chi connectivity index (χ2n) is 7.47. The molecule has 0 aliphatic heterocycles. The van der Waals surface area contributed by atoms with Crippen LogP contribution in [0.2, 0.25) is 0 Å². The summed E-state index contributed by atoms with van der Waals surface area (Å²) in [4.78, 5) is 35.5. The Bertz CT molecular complexity index is 679. The quantitative estimate of drug-likeness (QED) is 0.560. The molecule has 0 saturated heterocycles. The highest BCUT2D eigenvalue weighted by molar-refractivity contribution is 5.95. The molecule has 1 aromatic rings. The molecule has 0 bridgehead atoms. The fourth-order valence-electron chi connectivity index (χ4n) is 2.24. The average Bonchev–Trinajstić information content (AvgIpc) is 2.52. The van der Waals surface area contributed by atoms with Gasteiger partial charge in [0.05, 0.1) is 0 Å². The van der Waals surface area contributed by atoms with Gasteiger partial charge >= 0.3 is 12.1 Å². The fraction of sp³-hybridized carbons (Fsp3) is 0.550. The molecule has 0 heterocycles. The van der Waals surface area contributed by atoms with E-state index in [1.807, 2.05) is 32.0 Å². The molecule has 7 heteroatoms. The molecule has 0 spiro atoms. The molecule has 0 unspecified atom stereocenters. The van der Waals surface area contributed by atoms with Crippen LogP contribution in [0.15, 0.2) is 18.2 Å². The van der Waals surface area contributed by atoms with Crippen LogP contribution in [0.1, 0.15) is 51.7 Å². The zero-order valence-corrected chi connectivity index (χ0v) is 17.0. The smallest absolute Gasteiger partial charge is 0.407 e. The van der Waals surface area contributed by atoms with Crippen LogP contribution in [0.25, 0.3) is 0 Å². The minimum absolute atomic E-state index is 0.0942. The highest BCUT2D eigenvalue weighted by atomic mass is 16.6. The van der Waals surface area contributed by atoms with Crippen molar-refractivity contribution in [2.45, 2.75) is 66.1 Å². The molecular formula is C20H30N2O5. The van der Waals surface area contributed by atoms with Gasteiger partial charge in [0.2, 0.25) is 0 Å². The Balaban J connectivity index is 2.33. The maximum absolute atomic E-state index is 12.2. The van der Waals surface area contributed by atoms with Crippen LogP contribution in [0.5, 0.6) is 0 Å².